The topological polar surface area (TPSA) is 57.8 Å². The lowest BCUT2D eigenvalue weighted by molar-refractivity contribution is 0.0946. The Morgan fingerprint density at radius 1 is 1.12 bits per heavy atom. The number of carbonyl (C=O) groups is 1. The van der Waals surface area contributed by atoms with Crippen LogP contribution in [0.1, 0.15) is 27.3 Å². The number of aromatic nitrogens is 2. The third-order valence-electron chi connectivity index (χ3n) is 4.19. The lowest BCUT2D eigenvalue weighted by Gasteiger charge is -2.10. The second-order valence-electron chi connectivity index (χ2n) is 5.94. The van der Waals surface area contributed by atoms with Gasteiger partial charge >= 0.3 is 0 Å². The molecule has 0 saturated carbocycles. The predicted octanol–water partition coefficient (Wildman–Crippen LogP) is 4.19. The number of carbonyl (C=O) groups excluding carboxylic acids is 1. The van der Waals surface area contributed by atoms with E-state index < -0.39 is 0 Å². The SMILES string of the molecule is O=C1NCCc2[nH]c(-c3ccnc(/C=C/c4cccc(Cl)c4)c3)cc21. The van der Waals surface area contributed by atoms with Gasteiger partial charge in [-0.3, -0.25) is 9.78 Å². The molecule has 124 valence electrons. The summed E-state index contributed by atoms with van der Waals surface area (Å²) in [5, 5.41) is 3.57. The van der Waals surface area contributed by atoms with Crippen LogP contribution in [0.2, 0.25) is 5.02 Å². The lowest BCUT2D eigenvalue weighted by atomic mass is 10.1. The molecule has 0 aliphatic carbocycles. The number of hydrogen-bond acceptors (Lipinski definition) is 2. The Balaban J connectivity index is 1.63. The zero-order valence-electron chi connectivity index (χ0n) is 13.4. The molecule has 25 heavy (non-hydrogen) atoms. The van der Waals surface area contributed by atoms with Crippen molar-refractivity contribution < 1.29 is 4.79 Å². The second-order valence-corrected chi connectivity index (χ2v) is 6.38. The monoisotopic (exact) mass is 349 g/mol. The standard InChI is InChI=1S/C20H16ClN3O/c21-15-3-1-2-13(10-15)4-5-16-11-14(6-8-22-16)19-12-17-18(24-19)7-9-23-20(17)25/h1-6,8,10-12,24H,7,9H2,(H,23,25)/b5-4+. The molecule has 4 rings (SSSR count). The van der Waals surface area contributed by atoms with Crippen LogP contribution in [0.3, 0.4) is 0 Å². The van der Waals surface area contributed by atoms with E-state index in [1.54, 1.807) is 6.20 Å². The van der Waals surface area contributed by atoms with Crippen LogP contribution in [0.25, 0.3) is 23.4 Å². The van der Waals surface area contributed by atoms with Crippen molar-refractivity contribution in [1.82, 2.24) is 15.3 Å². The first-order chi connectivity index (χ1) is 12.2. The smallest absolute Gasteiger partial charge is 0.253 e. The number of pyridine rings is 1. The molecule has 4 nitrogen and oxygen atoms in total. The number of halogens is 1. The first kappa shape index (κ1) is 15.7. The molecule has 1 aliphatic heterocycles. The van der Waals surface area contributed by atoms with E-state index in [4.69, 9.17) is 11.6 Å². The fourth-order valence-electron chi connectivity index (χ4n) is 2.95. The highest BCUT2D eigenvalue weighted by Gasteiger charge is 2.19. The summed E-state index contributed by atoms with van der Waals surface area (Å²) in [6.07, 6.45) is 6.52. The molecule has 1 aliphatic rings. The molecular weight excluding hydrogens is 334 g/mol. The highest BCUT2D eigenvalue weighted by Crippen LogP contribution is 2.24. The van der Waals surface area contributed by atoms with Gasteiger partial charge < -0.3 is 10.3 Å². The van der Waals surface area contributed by atoms with Gasteiger partial charge in [0.25, 0.3) is 5.91 Å². The molecule has 1 amide bonds. The highest BCUT2D eigenvalue weighted by atomic mass is 35.5. The van der Waals surface area contributed by atoms with Crippen molar-refractivity contribution in [3.05, 3.63) is 76.2 Å². The third-order valence-corrected chi connectivity index (χ3v) is 4.43. The quantitative estimate of drug-likeness (QED) is 0.745. The summed E-state index contributed by atoms with van der Waals surface area (Å²) in [7, 11) is 0. The first-order valence-electron chi connectivity index (χ1n) is 8.09. The second kappa shape index (κ2) is 6.57. The maximum absolute atomic E-state index is 11.9. The van der Waals surface area contributed by atoms with Gasteiger partial charge in [-0.15, -0.1) is 0 Å². The van der Waals surface area contributed by atoms with E-state index in [1.807, 2.05) is 54.6 Å². The van der Waals surface area contributed by atoms with Gasteiger partial charge in [0.2, 0.25) is 0 Å². The fraction of sp³-hybridized carbons (Fsp3) is 0.100. The average Bonchev–Trinajstić information content (AvgIpc) is 3.06. The Bertz CT molecular complexity index is 975. The van der Waals surface area contributed by atoms with Crippen LogP contribution in [0.4, 0.5) is 0 Å². The summed E-state index contributed by atoms with van der Waals surface area (Å²) in [5.41, 5.74) is 5.52. The molecule has 0 radical (unpaired) electrons. The van der Waals surface area contributed by atoms with Crippen LogP contribution in [0, 0.1) is 0 Å². The molecule has 0 bridgehead atoms. The van der Waals surface area contributed by atoms with E-state index in [0.29, 0.717) is 11.6 Å². The largest absolute Gasteiger partial charge is 0.358 e. The lowest BCUT2D eigenvalue weighted by Crippen LogP contribution is -2.31. The van der Waals surface area contributed by atoms with E-state index in [-0.39, 0.29) is 5.91 Å². The van der Waals surface area contributed by atoms with Crippen LogP contribution < -0.4 is 5.32 Å². The van der Waals surface area contributed by atoms with Gasteiger partial charge in [0.15, 0.2) is 0 Å². The zero-order chi connectivity index (χ0) is 17.2. The van der Waals surface area contributed by atoms with Crippen molar-refractivity contribution in [2.24, 2.45) is 0 Å². The third kappa shape index (κ3) is 3.35. The molecule has 2 aromatic heterocycles. The van der Waals surface area contributed by atoms with Gasteiger partial charge in [-0.2, -0.15) is 0 Å². The Morgan fingerprint density at radius 2 is 2.04 bits per heavy atom. The molecule has 0 spiro atoms. The molecule has 0 saturated heterocycles. The Kier molecular flexibility index (Phi) is 4.12. The molecule has 0 unspecified atom stereocenters. The Labute approximate surface area is 150 Å². The van der Waals surface area contributed by atoms with Crippen LogP contribution >= 0.6 is 11.6 Å². The minimum atomic E-state index is -0.0149. The highest BCUT2D eigenvalue weighted by molar-refractivity contribution is 6.30. The number of rotatable bonds is 3. The number of amides is 1. The fourth-order valence-corrected chi connectivity index (χ4v) is 3.15. The summed E-state index contributed by atoms with van der Waals surface area (Å²) in [6.45, 7) is 0.676. The van der Waals surface area contributed by atoms with Gasteiger partial charge in [0.05, 0.1) is 11.3 Å². The minimum Gasteiger partial charge on any atom is -0.358 e. The van der Waals surface area contributed by atoms with Crippen LogP contribution in [0.15, 0.2) is 48.7 Å². The summed E-state index contributed by atoms with van der Waals surface area (Å²) in [5.74, 6) is -0.0149. The van der Waals surface area contributed by atoms with Gasteiger partial charge in [-0.1, -0.05) is 29.8 Å². The molecule has 5 heteroatoms. The van der Waals surface area contributed by atoms with E-state index in [1.165, 1.54) is 0 Å². The van der Waals surface area contributed by atoms with E-state index >= 15 is 0 Å². The normalized spacial score (nSPS) is 13.7. The van der Waals surface area contributed by atoms with Crippen molar-refractivity contribution in [3.63, 3.8) is 0 Å². The maximum atomic E-state index is 11.9. The summed E-state index contributed by atoms with van der Waals surface area (Å²) < 4.78 is 0. The van der Waals surface area contributed by atoms with E-state index in [0.717, 1.165) is 40.2 Å². The van der Waals surface area contributed by atoms with Crippen molar-refractivity contribution in [1.29, 1.82) is 0 Å². The first-order valence-corrected chi connectivity index (χ1v) is 8.47. The summed E-state index contributed by atoms with van der Waals surface area (Å²) >= 11 is 6.01. The number of benzene rings is 1. The molecule has 0 fully saturated rings. The summed E-state index contributed by atoms with van der Waals surface area (Å²) in [6, 6.07) is 13.5. The Hall–Kier alpha value is -2.85. The van der Waals surface area contributed by atoms with Gasteiger partial charge in [0, 0.05) is 41.1 Å². The zero-order valence-corrected chi connectivity index (χ0v) is 14.2. The molecule has 2 N–H and O–H groups in total. The van der Waals surface area contributed by atoms with Crippen molar-refractivity contribution >= 4 is 29.7 Å². The molecular formula is C20H16ClN3O. The van der Waals surface area contributed by atoms with Gasteiger partial charge in [-0.25, -0.2) is 0 Å². The number of nitrogens with one attached hydrogen (secondary N) is 2. The number of H-pyrrole nitrogens is 1. The minimum absolute atomic E-state index is 0.0149. The van der Waals surface area contributed by atoms with Crippen LogP contribution in [-0.2, 0) is 6.42 Å². The molecule has 1 aromatic carbocycles. The predicted molar refractivity (Wildman–Crippen MR) is 100 cm³/mol. The number of aromatic amines is 1. The number of hydrogen-bond donors (Lipinski definition) is 2. The number of nitrogens with zero attached hydrogens (tertiary/aromatic N) is 1. The Morgan fingerprint density at radius 3 is 2.88 bits per heavy atom. The average molecular weight is 350 g/mol. The van der Waals surface area contributed by atoms with Gasteiger partial charge in [0.1, 0.15) is 0 Å². The van der Waals surface area contributed by atoms with Gasteiger partial charge in [-0.05, 0) is 42.0 Å². The van der Waals surface area contributed by atoms with Crippen LogP contribution in [-0.4, -0.2) is 22.4 Å². The summed E-state index contributed by atoms with van der Waals surface area (Å²) in [4.78, 5) is 19.7. The molecule has 0 atom stereocenters. The molecule has 3 heterocycles. The molecule has 3 aromatic rings. The van der Waals surface area contributed by atoms with Crippen LogP contribution in [0.5, 0.6) is 0 Å². The van der Waals surface area contributed by atoms with E-state index in [2.05, 4.69) is 15.3 Å². The number of fused-ring (bicyclic) bond motifs is 1. The van der Waals surface area contributed by atoms with Crippen molar-refractivity contribution in [3.8, 4) is 11.3 Å². The van der Waals surface area contributed by atoms with Crippen molar-refractivity contribution in [2.45, 2.75) is 6.42 Å². The van der Waals surface area contributed by atoms with Crippen molar-refractivity contribution in [2.75, 3.05) is 6.54 Å². The maximum Gasteiger partial charge on any atom is 0.253 e. The van der Waals surface area contributed by atoms with E-state index in [9.17, 15) is 4.79 Å².